The van der Waals surface area contributed by atoms with Crippen molar-refractivity contribution in [2.24, 2.45) is 40.4 Å². The Kier molecular flexibility index (Phi) is 5.40. The molecule has 3 heterocycles. The summed E-state index contributed by atoms with van der Waals surface area (Å²) in [5.41, 5.74) is 1.91. The molecule has 196 valence electrons. The predicted molar refractivity (Wildman–Crippen MR) is 129 cm³/mol. The Hall–Kier alpha value is -0.500. The molecule has 0 amide bonds. The van der Waals surface area contributed by atoms with Crippen molar-refractivity contribution in [3.05, 3.63) is 11.6 Å². The average molecular weight is 489 g/mol. The summed E-state index contributed by atoms with van der Waals surface area (Å²) in [5, 5.41) is 19.9. The molecule has 7 rings (SSSR count). The third kappa shape index (κ3) is 3.10. The number of hydrogen-bond donors (Lipinski definition) is 2. The number of fused-ring (bicyclic) bond motifs is 3. The summed E-state index contributed by atoms with van der Waals surface area (Å²) >= 11 is 0. The van der Waals surface area contributed by atoms with Crippen molar-refractivity contribution >= 4 is 0 Å². The molecule has 35 heavy (non-hydrogen) atoms. The molecular formula is C29H44O6. The molecule has 0 radical (unpaired) electrons. The molecule has 4 unspecified atom stereocenters. The summed E-state index contributed by atoms with van der Waals surface area (Å²) in [6.07, 6.45) is 11.5. The Balaban J connectivity index is 1.10. The maximum Gasteiger partial charge on any atom is 0.177 e. The summed E-state index contributed by atoms with van der Waals surface area (Å²) in [6, 6.07) is 0. The van der Waals surface area contributed by atoms with Crippen LogP contribution in [-0.4, -0.2) is 59.9 Å². The predicted octanol–water partition coefficient (Wildman–Crippen LogP) is 4.18. The van der Waals surface area contributed by atoms with Crippen molar-refractivity contribution in [1.82, 2.24) is 0 Å². The van der Waals surface area contributed by atoms with Crippen LogP contribution >= 0.6 is 0 Å². The zero-order valence-corrected chi connectivity index (χ0v) is 21.7. The average Bonchev–Trinajstić information content (AvgIpc) is 3.29. The van der Waals surface area contributed by atoms with Crippen LogP contribution in [0.4, 0.5) is 0 Å². The SMILES string of the molecule is CC1OC(O[C@H]2CC[C@@]3(C)C(=CC[C@@H]4[C@@H]3CC[C@]3(C)[C@@H]5[C@@H]6CC[C@H]5O[C@]43OC6)C2)CC(CO)C1O. The van der Waals surface area contributed by atoms with Gasteiger partial charge in [-0.1, -0.05) is 25.5 Å². The van der Waals surface area contributed by atoms with Crippen LogP contribution in [0.2, 0.25) is 0 Å². The van der Waals surface area contributed by atoms with Gasteiger partial charge < -0.3 is 29.2 Å². The molecule has 0 aromatic rings. The summed E-state index contributed by atoms with van der Waals surface area (Å²) in [6.45, 7) is 7.74. The van der Waals surface area contributed by atoms with Gasteiger partial charge in [0.05, 0.1) is 31.0 Å². The van der Waals surface area contributed by atoms with Gasteiger partial charge in [0.1, 0.15) is 0 Å². The summed E-state index contributed by atoms with van der Waals surface area (Å²) < 4.78 is 26.2. The van der Waals surface area contributed by atoms with Crippen molar-refractivity contribution in [3.63, 3.8) is 0 Å². The van der Waals surface area contributed by atoms with E-state index in [9.17, 15) is 10.2 Å². The van der Waals surface area contributed by atoms with Crippen LogP contribution in [0, 0.1) is 40.4 Å². The first kappa shape index (κ1) is 23.6. The van der Waals surface area contributed by atoms with Crippen molar-refractivity contribution in [2.45, 2.75) is 115 Å². The van der Waals surface area contributed by atoms with Gasteiger partial charge in [0, 0.05) is 36.2 Å². The molecule has 4 aliphatic carbocycles. The van der Waals surface area contributed by atoms with Crippen molar-refractivity contribution in [2.75, 3.05) is 13.2 Å². The van der Waals surface area contributed by atoms with E-state index < -0.39 is 6.10 Å². The Labute approximate surface area is 209 Å². The molecular weight excluding hydrogens is 444 g/mol. The highest BCUT2D eigenvalue weighted by Gasteiger charge is 2.75. The molecule has 2 N–H and O–H groups in total. The van der Waals surface area contributed by atoms with Crippen LogP contribution in [0.15, 0.2) is 11.6 Å². The summed E-state index contributed by atoms with van der Waals surface area (Å²) in [5.74, 6) is 1.89. The van der Waals surface area contributed by atoms with E-state index in [2.05, 4.69) is 19.9 Å². The molecule has 7 aliphatic rings. The van der Waals surface area contributed by atoms with Gasteiger partial charge >= 0.3 is 0 Å². The van der Waals surface area contributed by atoms with Gasteiger partial charge in [-0.05, 0) is 75.5 Å². The number of allylic oxidation sites excluding steroid dienone is 1. The van der Waals surface area contributed by atoms with E-state index in [-0.39, 0.29) is 47.6 Å². The van der Waals surface area contributed by atoms with E-state index in [0.717, 1.165) is 32.3 Å². The van der Waals surface area contributed by atoms with Gasteiger partial charge in [0.15, 0.2) is 12.1 Å². The molecule has 6 heteroatoms. The van der Waals surface area contributed by atoms with Gasteiger partial charge in [0.2, 0.25) is 0 Å². The van der Waals surface area contributed by atoms with Gasteiger partial charge in [-0.2, -0.15) is 0 Å². The number of hydrogen-bond acceptors (Lipinski definition) is 6. The molecule has 0 spiro atoms. The maximum absolute atomic E-state index is 10.3. The number of rotatable bonds is 3. The highest BCUT2D eigenvalue weighted by molar-refractivity contribution is 5.28. The highest BCUT2D eigenvalue weighted by Crippen LogP contribution is 2.73. The zero-order chi connectivity index (χ0) is 24.2. The van der Waals surface area contributed by atoms with Crippen LogP contribution in [0.5, 0.6) is 0 Å². The maximum atomic E-state index is 10.3. The van der Waals surface area contributed by atoms with E-state index in [1.54, 1.807) is 5.57 Å². The first-order valence-electron chi connectivity index (χ1n) is 14.4. The first-order valence-corrected chi connectivity index (χ1v) is 14.4. The molecule has 0 aromatic heterocycles. The fourth-order valence-electron chi connectivity index (χ4n) is 10.2. The lowest BCUT2D eigenvalue weighted by molar-refractivity contribution is -0.345. The normalized spacial score (nSPS) is 58.8. The van der Waals surface area contributed by atoms with Crippen molar-refractivity contribution in [3.8, 4) is 0 Å². The molecule has 0 aromatic carbocycles. The fourth-order valence-corrected chi connectivity index (χ4v) is 10.2. The minimum Gasteiger partial charge on any atom is -0.396 e. The minimum absolute atomic E-state index is 0.0288. The van der Waals surface area contributed by atoms with E-state index in [4.69, 9.17) is 18.9 Å². The van der Waals surface area contributed by atoms with Gasteiger partial charge in [-0.3, -0.25) is 0 Å². The van der Waals surface area contributed by atoms with Gasteiger partial charge in [-0.25, -0.2) is 0 Å². The standard InChI is InChI=1S/C29H44O6/c1-16-26(31)18(14-30)12-24(33-16)34-20-8-10-27(2)19(13-20)5-6-22-21(27)9-11-28(3)25-17-4-7-23(25)35-29(22,28)32-15-17/h5,16-18,20-26,30-31H,4,6-15H2,1-3H3/t16?,17-,18?,20+,21+,22-,23-,24?,25-,26?,27+,28-,29-/m1/s1. The lowest BCUT2D eigenvalue weighted by atomic mass is 9.46. The van der Waals surface area contributed by atoms with Crippen molar-refractivity contribution in [1.29, 1.82) is 0 Å². The Bertz CT molecular complexity index is 890. The minimum atomic E-state index is -0.626. The molecule has 3 saturated heterocycles. The smallest absolute Gasteiger partial charge is 0.177 e. The Morgan fingerprint density at radius 3 is 2.80 bits per heavy atom. The molecule has 13 atom stereocenters. The van der Waals surface area contributed by atoms with E-state index in [1.165, 1.54) is 25.7 Å². The van der Waals surface area contributed by atoms with Gasteiger partial charge in [0.25, 0.3) is 0 Å². The number of aliphatic hydroxyl groups excluding tert-OH is 2. The summed E-state index contributed by atoms with van der Waals surface area (Å²) in [4.78, 5) is 0. The third-order valence-electron chi connectivity index (χ3n) is 12.1. The second kappa shape index (κ2) is 8.00. The van der Waals surface area contributed by atoms with Crippen molar-refractivity contribution < 1.29 is 29.2 Å². The topological polar surface area (TPSA) is 77.4 Å². The third-order valence-corrected chi connectivity index (χ3v) is 12.1. The Morgan fingerprint density at radius 2 is 1.97 bits per heavy atom. The van der Waals surface area contributed by atoms with Gasteiger partial charge in [-0.15, -0.1) is 0 Å². The van der Waals surface area contributed by atoms with Crippen LogP contribution in [0.3, 0.4) is 0 Å². The molecule has 2 bridgehead atoms. The molecule has 6 fully saturated rings. The van der Waals surface area contributed by atoms with Crippen LogP contribution in [0.25, 0.3) is 0 Å². The number of aliphatic hydroxyl groups is 2. The zero-order valence-electron chi connectivity index (χ0n) is 21.7. The summed E-state index contributed by atoms with van der Waals surface area (Å²) in [7, 11) is 0. The second-order valence-corrected chi connectivity index (χ2v) is 13.5. The Morgan fingerprint density at radius 1 is 1.11 bits per heavy atom. The number of ether oxygens (including phenoxy) is 4. The monoisotopic (exact) mass is 488 g/mol. The van der Waals surface area contributed by atoms with E-state index in [0.29, 0.717) is 36.2 Å². The molecule has 3 saturated carbocycles. The first-order chi connectivity index (χ1) is 16.8. The largest absolute Gasteiger partial charge is 0.396 e. The van der Waals surface area contributed by atoms with E-state index in [1.807, 2.05) is 6.92 Å². The fraction of sp³-hybridized carbons (Fsp3) is 0.931. The highest BCUT2D eigenvalue weighted by atomic mass is 16.7. The van der Waals surface area contributed by atoms with E-state index >= 15 is 0 Å². The second-order valence-electron chi connectivity index (χ2n) is 13.5. The molecule has 6 nitrogen and oxygen atoms in total. The van der Waals surface area contributed by atoms with Crippen LogP contribution in [0.1, 0.15) is 78.6 Å². The lowest BCUT2D eigenvalue weighted by Crippen LogP contribution is -2.65. The quantitative estimate of drug-likeness (QED) is 0.581. The van der Waals surface area contributed by atoms with Crippen LogP contribution in [-0.2, 0) is 18.9 Å². The lowest BCUT2D eigenvalue weighted by Gasteiger charge is -2.63. The molecule has 3 aliphatic heterocycles. The van der Waals surface area contributed by atoms with Crippen LogP contribution < -0.4 is 0 Å².